The number of ether oxygens (including phenoxy) is 1. The molecule has 1 spiro atoms. The molecule has 0 aliphatic carbocycles. The lowest BCUT2D eigenvalue weighted by Crippen LogP contribution is -2.50. The molecule has 27 heavy (non-hydrogen) atoms. The minimum absolute atomic E-state index is 0.273. The van der Waals surface area contributed by atoms with Crippen molar-refractivity contribution in [1.82, 2.24) is 15.0 Å². The normalized spacial score (nSPS) is 22.8. The standard InChI is InChI=1S/C20H26N4O3/c1-26-14-6-12-23-11-5-9-20(18(23)25)10-13-24(15-20)19-21-17(22-27-19)16-7-3-2-4-8-16/h2-4,7-8H,5-6,9-15H2,1H3/t20-/m0/s1. The number of nitrogens with zero attached hydrogens (tertiary/aromatic N) is 4. The second-order valence-corrected chi connectivity index (χ2v) is 7.46. The molecule has 1 amide bonds. The van der Waals surface area contributed by atoms with Crippen LogP contribution in [-0.2, 0) is 9.53 Å². The molecule has 7 nitrogen and oxygen atoms in total. The molecular weight excluding hydrogens is 344 g/mol. The van der Waals surface area contributed by atoms with Gasteiger partial charge in [-0.05, 0) is 25.7 Å². The van der Waals surface area contributed by atoms with E-state index in [1.54, 1.807) is 7.11 Å². The summed E-state index contributed by atoms with van der Waals surface area (Å²) < 4.78 is 10.6. The van der Waals surface area contributed by atoms with Crippen LogP contribution in [0.2, 0.25) is 0 Å². The van der Waals surface area contributed by atoms with Gasteiger partial charge in [0.05, 0.1) is 5.41 Å². The Morgan fingerprint density at radius 1 is 1.22 bits per heavy atom. The summed E-state index contributed by atoms with van der Waals surface area (Å²) in [5.74, 6) is 0.859. The third-order valence-electron chi connectivity index (χ3n) is 5.67. The number of hydrogen-bond donors (Lipinski definition) is 0. The van der Waals surface area contributed by atoms with Gasteiger partial charge in [-0.25, -0.2) is 0 Å². The van der Waals surface area contributed by atoms with E-state index in [9.17, 15) is 4.79 Å². The van der Waals surface area contributed by atoms with Gasteiger partial charge >= 0.3 is 6.01 Å². The Balaban J connectivity index is 1.45. The third-order valence-corrected chi connectivity index (χ3v) is 5.67. The van der Waals surface area contributed by atoms with Crippen LogP contribution in [0.5, 0.6) is 0 Å². The number of methoxy groups -OCH3 is 1. The summed E-state index contributed by atoms with van der Waals surface area (Å²) in [5.41, 5.74) is 0.617. The van der Waals surface area contributed by atoms with E-state index in [2.05, 4.69) is 15.0 Å². The van der Waals surface area contributed by atoms with Crippen LogP contribution >= 0.6 is 0 Å². The Hall–Kier alpha value is -2.41. The number of carbonyl (C=O) groups excluding carboxylic acids is 1. The van der Waals surface area contributed by atoms with E-state index in [0.29, 0.717) is 25.0 Å². The predicted octanol–water partition coefficient (Wildman–Crippen LogP) is 2.59. The van der Waals surface area contributed by atoms with Gasteiger partial charge in [0.15, 0.2) is 0 Å². The van der Waals surface area contributed by atoms with Gasteiger partial charge in [0, 0.05) is 45.5 Å². The molecule has 1 aromatic carbocycles. The number of likely N-dealkylation sites (tertiary alicyclic amines) is 1. The molecule has 0 N–H and O–H groups in total. The molecular formula is C20H26N4O3. The lowest BCUT2D eigenvalue weighted by Gasteiger charge is -2.39. The van der Waals surface area contributed by atoms with Crippen LogP contribution in [0.4, 0.5) is 6.01 Å². The van der Waals surface area contributed by atoms with Crippen molar-refractivity contribution in [2.45, 2.75) is 25.7 Å². The van der Waals surface area contributed by atoms with Crippen molar-refractivity contribution < 1.29 is 14.1 Å². The fourth-order valence-electron chi connectivity index (χ4n) is 4.23. The highest BCUT2D eigenvalue weighted by molar-refractivity contribution is 5.85. The minimum atomic E-state index is -0.313. The summed E-state index contributed by atoms with van der Waals surface area (Å²) in [6, 6.07) is 10.3. The molecule has 0 saturated carbocycles. The number of aromatic nitrogens is 2. The minimum Gasteiger partial charge on any atom is -0.385 e. The zero-order valence-corrected chi connectivity index (χ0v) is 15.8. The Morgan fingerprint density at radius 2 is 2.07 bits per heavy atom. The highest BCUT2D eigenvalue weighted by Crippen LogP contribution is 2.41. The molecule has 2 aliphatic heterocycles. The Bertz CT molecular complexity index is 779. The number of piperidine rings is 1. The Kier molecular flexibility index (Phi) is 5.11. The van der Waals surface area contributed by atoms with E-state index in [-0.39, 0.29) is 11.3 Å². The smallest absolute Gasteiger partial charge is 0.324 e. The summed E-state index contributed by atoms with van der Waals surface area (Å²) in [5, 5.41) is 4.11. The first-order valence-corrected chi connectivity index (χ1v) is 9.64. The van der Waals surface area contributed by atoms with E-state index in [1.807, 2.05) is 35.2 Å². The molecule has 1 aromatic heterocycles. The second-order valence-electron chi connectivity index (χ2n) is 7.46. The maximum absolute atomic E-state index is 13.1. The van der Waals surface area contributed by atoms with Crippen molar-refractivity contribution in [3.8, 4) is 11.4 Å². The first-order valence-electron chi connectivity index (χ1n) is 9.64. The predicted molar refractivity (Wildman–Crippen MR) is 101 cm³/mol. The van der Waals surface area contributed by atoms with E-state index in [0.717, 1.165) is 50.9 Å². The molecule has 2 saturated heterocycles. The van der Waals surface area contributed by atoms with Gasteiger partial charge < -0.3 is 19.1 Å². The lowest BCUT2D eigenvalue weighted by molar-refractivity contribution is -0.145. The second kappa shape index (κ2) is 7.68. The van der Waals surface area contributed by atoms with Crippen molar-refractivity contribution in [2.24, 2.45) is 5.41 Å². The number of carbonyl (C=O) groups is 1. The molecule has 0 radical (unpaired) electrons. The Labute approximate surface area is 159 Å². The summed E-state index contributed by atoms with van der Waals surface area (Å²) in [7, 11) is 1.70. The van der Waals surface area contributed by atoms with E-state index >= 15 is 0 Å². The zero-order valence-electron chi connectivity index (χ0n) is 15.8. The van der Waals surface area contributed by atoms with Crippen molar-refractivity contribution >= 4 is 11.9 Å². The molecule has 0 bridgehead atoms. The van der Waals surface area contributed by atoms with Gasteiger partial charge in [-0.2, -0.15) is 4.98 Å². The number of anilines is 1. The molecule has 1 atom stereocenters. The summed E-state index contributed by atoms with van der Waals surface area (Å²) in [6.07, 6.45) is 3.70. The number of amides is 1. The van der Waals surface area contributed by atoms with E-state index in [4.69, 9.17) is 9.26 Å². The first-order chi connectivity index (χ1) is 13.2. The average Bonchev–Trinajstić information content (AvgIpc) is 3.34. The summed E-state index contributed by atoms with van der Waals surface area (Å²) >= 11 is 0. The van der Waals surface area contributed by atoms with Crippen molar-refractivity contribution in [3.63, 3.8) is 0 Å². The summed E-state index contributed by atoms with van der Waals surface area (Å²) in [4.78, 5) is 21.8. The fourth-order valence-corrected chi connectivity index (χ4v) is 4.23. The lowest BCUT2D eigenvalue weighted by atomic mass is 9.78. The molecule has 0 unspecified atom stereocenters. The molecule has 3 heterocycles. The Morgan fingerprint density at radius 3 is 2.89 bits per heavy atom. The van der Waals surface area contributed by atoms with E-state index in [1.165, 1.54) is 0 Å². The van der Waals surface area contributed by atoms with Crippen LogP contribution < -0.4 is 4.90 Å². The van der Waals surface area contributed by atoms with Gasteiger partial charge in [-0.3, -0.25) is 4.79 Å². The molecule has 2 fully saturated rings. The van der Waals surface area contributed by atoms with Crippen LogP contribution in [0.3, 0.4) is 0 Å². The maximum atomic E-state index is 13.1. The van der Waals surface area contributed by atoms with Crippen LogP contribution in [0, 0.1) is 5.41 Å². The van der Waals surface area contributed by atoms with Crippen LogP contribution in [-0.4, -0.2) is 60.8 Å². The van der Waals surface area contributed by atoms with Gasteiger partial charge in [0.25, 0.3) is 0 Å². The SMILES string of the molecule is COCCCN1CCC[C@@]2(CCN(c3nc(-c4ccccc4)no3)C2)C1=O. The molecule has 7 heteroatoms. The maximum Gasteiger partial charge on any atom is 0.324 e. The van der Waals surface area contributed by atoms with Gasteiger partial charge in [0.2, 0.25) is 11.7 Å². The monoisotopic (exact) mass is 370 g/mol. The van der Waals surface area contributed by atoms with Gasteiger partial charge in [-0.1, -0.05) is 35.5 Å². The van der Waals surface area contributed by atoms with Crippen molar-refractivity contribution in [3.05, 3.63) is 30.3 Å². The zero-order chi connectivity index (χ0) is 18.7. The number of benzene rings is 1. The third kappa shape index (κ3) is 3.56. The fraction of sp³-hybridized carbons (Fsp3) is 0.550. The van der Waals surface area contributed by atoms with Crippen molar-refractivity contribution in [2.75, 3.05) is 44.8 Å². The molecule has 2 aromatic rings. The van der Waals surface area contributed by atoms with Gasteiger partial charge in [-0.15, -0.1) is 0 Å². The molecule has 144 valence electrons. The quantitative estimate of drug-likeness (QED) is 0.728. The topological polar surface area (TPSA) is 71.7 Å². The number of hydrogen-bond acceptors (Lipinski definition) is 6. The van der Waals surface area contributed by atoms with Crippen molar-refractivity contribution in [1.29, 1.82) is 0 Å². The summed E-state index contributed by atoms with van der Waals surface area (Å²) in [6.45, 7) is 3.74. The number of rotatable bonds is 6. The first kappa shape index (κ1) is 18.0. The molecule has 2 aliphatic rings. The average molecular weight is 370 g/mol. The molecule has 4 rings (SSSR count). The highest BCUT2D eigenvalue weighted by atomic mass is 16.5. The van der Waals surface area contributed by atoms with Gasteiger partial charge in [0.1, 0.15) is 0 Å². The van der Waals surface area contributed by atoms with E-state index < -0.39 is 0 Å². The highest BCUT2D eigenvalue weighted by Gasteiger charge is 2.49. The van der Waals surface area contributed by atoms with Crippen LogP contribution in [0.25, 0.3) is 11.4 Å². The van der Waals surface area contributed by atoms with Crippen LogP contribution in [0.1, 0.15) is 25.7 Å². The van der Waals surface area contributed by atoms with Crippen LogP contribution in [0.15, 0.2) is 34.9 Å². The largest absolute Gasteiger partial charge is 0.385 e.